The molecule has 15 nitrogen and oxygen atoms in total. The number of hydrogen-bond acceptors (Lipinski definition) is 11. The zero-order valence-corrected chi connectivity index (χ0v) is 29.5. The largest absolute Gasteiger partial charge is 0.569 e. The molecule has 3 aromatic rings. The molecule has 0 radical (unpaired) electrons. The summed E-state index contributed by atoms with van der Waals surface area (Å²) in [5.74, 6) is 0. The number of alkyl halides is 3. The lowest BCUT2D eigenvalue weighted by atomic mass is 10.1. The third-order valence-electron chi connectivity index (χ3n) is 6.39. The van der Waals surface area contributed by atoms with Gasteiger partial charge in [0.05, 0.1) is 26.8 Å². The van der Waals surface area contributed by atoms with Gasteiger partial charge in [-0.05, 0) is 78.8 Å². The summed E-state index contributed by atoms with van der Waals surface area (Å²) in [4.78, 5) is 28.8. The number of amides is 1. The highest BCUT2D eigenvalue weighted by molar-refractivity contribution is 7.90. The Bertz CT molecular complexity index is 1780. The number of carbonyl (C=O) groups excluding carboxylic acids is 2. The van der Waals surface area contributed by atoms with Gasteiger partial charge in [-0.15, -0.1) is 5.01 Å². The van der Waals surface area contributed by atoms with Gasteiger partial charge in [0.15, 0.2) is 5.69 Å². The number of sulfonamides is 1. The summed E-state index contributed by atoms with van der Waals surface area (Å²) in [6, 6.07) is 12.3. The summed E-state index contributed by atoms with van der Waals surface area (Å²) in [5.41, 5.74) is -1.25. The van der Waals surface area contributed by atoms with Crippen molar-refractivity contribution in [3.8, 4) is 16.9 Å². The first kappa shape index (κ1) is 39.4. The SMILES string of the molecule is Cc1ccc(-c2cc(C(F)(F)F)nn2-c2ccc(S(=O)(=O)NC(=O)OCCN([N+]([O-])=NOC(C)OC(=O)OC(C)(C)C)C(C)(C)C)cc2)cc1. The maximum Gasteiger partial charge on any atom is 0.511 e. The molecule has 50 heavy (non-hydrogen) atoms. The van der Waals surface area contributed by atoms with Crippen molar-refractivity contribution in [1.82, 2.24) is 19.5 Å². The van der Waals surface area contributed by atoms with E-state index in [1.54, 1.807) is 70.5 Å². The number of nitrogens with one attached hydrogen (secondary N) is 1. The topological polar surface area (TPSA) is 177 Å². The predicted octanol–water partition coefficient (Wildman–Crippen LogP) is 6.49. The highest BCUT2D eigenvalue weighted by atomic mass is 32.2. The van der Waals surface area contributed by atoms with Crippen LogP contribution in [-0.2, 0) is 35.2 Å². The van der Waals surface area contributed by atoms with E-state index in [1.807, 2.05) is 6.92 Å². The Morgan fingerprint density at radius 2 is 1.64 bits per heavy atom. The minimum absolute atomic E-state index is 0.0516. The predicted molar refractivity (Wildman–Crippen MR) is 171 cm³/mol. The van der Waals surface area contributed by atoms with E-state index in [0.29, 0.717) is 5.56 Å². The van der Waals surface area contributed by atoms with Crippen LogP contribution in [0.25, 0.3) is 16.9 Å². The van der Waals surface area contributed by atoms with Crippen LogP contribution in [0.5, 0.6) is 0 Å². The van der Waals surface area contributed by atoms with Crippen LogP contribution in [-0.4, -0.2) is 71.0 Å². The first-order valence-corrected chi connectivity index (χ1v) is 16.5. The first-order valence-electron chi connectivity index (χ1n) is 15.0. The van der Waals surface area contributed by atoms with Crippen molar-refractivity contribution in [3.05, 3.63) is 71.1 Å². The van der Waals surface area contributed by atoms with Gasteiger partial charge in [-0.25, -0.2) is 27.4 Å². The number of nitrogens with zero attached hydrogens (tertiary/aromatic N) is 5. The van der Waals surface area contributed by atoms with E-state index >= 15 is 0 Å². The molecule has 1 aromatic heterocycles. The average molecular weight is 729 g/mol. The van der Waals surface area contributed by atoms with Gasteiger partial charge in [0.1, 0.15) is 18.8 Å². The normalized spacial score (nSPS) is 13.3. The molecule has 2 aromatic carbocycles. The zero-order chi connectivity index (χ0) is 37.7. The van der Waals surface area contributed by atoms with E-state index < -0.39 is 58.2 Å². The Balaban J connectivity index is 1.65. The fourth-order valence-electron chi connectivity index (χ4n) is 4.10. The van der Waals surface area contributed by atoms with Gasteiger partial charge in [-0.3, -0.25) is 4.84 Å². The van der Waals surface area contributed by atoms with Crippen LogP contribution in [0.2, 0.25) is 0 Å². The van der Waals surface area contributed by atoms with Gasteiger partial charge < -0.3 is 19.4 Å². The van der Waals surface area contributed by atoms with Crippen LogP contribution in [0.15, 0.2) is 64.8 Å². The van der Waals surface area contributed by atoms with Gasteiger partial charge in [-0.2, -0.15) is 18.3 Å². The van der Waals surface area contributed by atoms with Crippen molar-refractivity contribution in [2.75, 3.05) is 13.2 Å². The number of hydrogen-bond donors (Lipinski definition) is 1. The van der Waals surface area contributed by atoms with E-state index in [0.717, 1.165) is 33.5 Å². The molecule has 0 saturated heterocycles. The van der Waals surface area contributed by atoms with E-state index in [1.165, 1.54) is 19.1 Å². The molecule has 19 heteroatoms. The standard InChI is InChI=1S/C31H39F3N6O9S/c1-20-9-11-22(12-10-20)25-19-26(31(32,33)34)35-39(25)23-13-15-24(16-14-23)50(44,45)36-27(41)46-18-17-38(29(3,4)5)40(43)37-49-21(2)47-28(42)48-30(6,7)8/h9-16,19,21H,17-18H2,1-8H3,(H,36,41). The molecule has 0 bridgehead atoms. The summed E-state index contributed by atoms with van der Waals surface area (Å²) in [6.45, 7) is 12.2. The van der Waals surface area contributed by atoms with Crippen LogP contribution >= 0.6 is 0 Å². The Morgan fingerprint density at radius 1 is 1.04 bits per heavy atom. The molecule has 1 N–H and O–H groups in total. The maximum atomic E-state index is 13.5. The summed E-state index contributed by atoms with van der Waals surface area (Å²) in [6.07, 6.45) is -8.43. The quantitative estimate of drug-likeness (QED) is 0.0751. The van der Waals surface area contributed by atoms with Gasteiger partial charge in [-0.1, -0.05) is 29.8 Å². The molecular weight excluding hydrogens is 689 g/mol. The van der Waals surface area contributed by atoms with Crippen LogP contribution in [0.4, 0.5) is 22.8 Å². The zero-order valence-electron chi connectivity index (χ0n) is 28.6. The lowest BCUT2D eigenvalue weighted by Gasteiger charge is -2.30. The minimum atomic E-state index is -4.73. The average Bonchev–Trinajstić information content (AvgIpc) is 3.43. The molecule has 1 unspecified atom stereocenters. The van der Waals surface area contributed by atoms with E-state index in [9.17, 15) is 36.4 Å². The fraction of sp³-hybridized carbons (Fsp3) is 0.452. The van der Waals surface area contributed by atoms with Gasteiger partial charge >= 0.3 is 18.4 Å². The summed E-state index contributed by atoms with van der Waals surface area (Å²) in [7, 11) is -4.49. The van der Waals surface area contributed by atoms with E-state index in [4.69, 9.17) is 19.0 Å². The van der Waals surface area contributed by atoms with Crippen LogP contribution in [0, 0.1) is 12.1 Å². The first-order chi connectivity index (χ1) is 23.0. The van der Waals surface area contributed by atoms with Crippen molar-refractivity contribution in [2.24, 2.45) is 5.28 Å². The number of aryl methyl sites for hydroxylation is 1. The molecule has 1 heterocycles. The van der Waals surface area contributed by atoms with Crippen LogP contribution < -0.4 is 4.72 Å². The molecule has 0 aliphatic heterocycles. The third-order valence-corrected chi connectivity index (χ3v) is 7.72. The molecule has 3 rings (SSSR count). The summed E-state index contributed by atoms with van der Waals surface area (Å²) < 4.78 is 84.0. The number of carbonyl (C=O) groups is 2. The lowest BCUT2D eigenvalue weighted by molar-refractivity contribution is -0.727. The number of hydrazine groups is 1. The molecule has 0 aliphatic carbocycles. The smallest absolute Gasteiger partial charge is 0.511 e. The molecule has 0 spiro atoms. The molecule has 274 valence electrons. The monoisotopic (exact) mass is 728 g/mol. The van der Waals surface area contributed by atoms with Gasteiger partial charge in [0.2, 0.25) is 5.28 Å². The Morgan fingerprint density at radius 3 is 2.18 bits per heavy atom. The number of ether oxygens (including phenoxy) is 3. The number of benzene rings is 2. The minimum Gasteiger partial charge on any atom is -0.569 e. The number of aromatic nitrogens is 2. The number of rotatable bonds is 11. The molecule has 1 atom stereocenters. The van der Waals surface area contributed by atoms with Gasteiger partial charge in [0, 0.05) is 12.5 Å². The van der Waals surface area contributed by atoms with Gasteiger partial charge in [0.25, 0.3) is 16.3 Å². The highest BCUT2D eigenvalue weighted by Gasteiger charge is 2.35. The Labute approximate surface area is 287 Å². The second-order valence-corrected chi connectivity index (χ2v) is 14.5. The van der Waals surface area contributed by atoms with E-state index in [2.05, 4.69) is 10.4 Å². The second kappa shape index (κ2) is 15.2. The van der Waals surface area contributed by atoms with Crippen molar-refractivity contribution in [2.45, 2.75) is 83.9 Å². The Hall–Kier alpha value is -5.07. The molecule has 1 amide bonds. The van der Waals surface area contributed by atoms with E-state index in [-0.39, 0.29) is 27.8 Å². The second-order valence-electron chi connectivity index (χ2n) is 12.8. The van der Waals surface area contributed by atoms with Crippen LogP contribution in [0.1, 0.15) is 59.7 Å². The summed E-state index contributed by atoms with van der Waals surface area (Å²) >= 11 is 0. The third kappa shape index (κ3) is 11.2. The fourth-order valence-corrected chi connectivity index (χ4v) is 4.99. The van der Waals surface area contributed by atoms with Crippen LogP contribution in [0.3, 0.4) is 0 Å². The van der Waals surface area contributed by atoms with Crippen molar-refractivity contribution < 1.29 is 55.2 Å². The maximum absolute atomic E-state index is 13.5. The molecule has 0 aliphatic rings. The molecular formula is C31H39F3N6O9S. The molecule has 0 saturated carbocycles. The number of halogens is 3. The summed E-state index contributed by atoms with van der Waals surface area (Å²) in [5, 5.41) is 20.8. The van der Waals surface area contributed by atoms with Crippen molar-refractivity contribution in [1.29, 1.82) is 0 Å². The molecule has 0 fully saturated rings. The lowest BCUT2D eigenvalue weighted by Crippen LogP contribution is -2.48. The Kier molecular flexibility index (Phi) is 12.0. The highest BCUT2D eigenvalue weighted by Crippen LogP contribution is 2.33. The van der Waals surface area contributed by atoms with Crippen molar-refractivity contribution in [3.63, 3.8) is 0 Å². The van der Waals surface area contributed by atoms with Crippen molar-refractivity contribution >= 4 is 22.3 Å².